The zero-order valence-electron chi connectivity index (χ0n) is 14.1. The zero-order chi connectivity index (χ0) is 18.6. The lowest BCUT2D eigenvalue weighted by Gasteiger charge is -2.14. The average Bonchev–Trinajstić information content (AvgIpc) is 2.59. The maximum atomic E-state index is 12.2. The maximum Gasteiger partial charge on any atom is 0.273 e. The van der Waals surface area contributed by atoms with E-state index in [1.54, 1.807) is 18.2 Å². The first kappa shape index (κ1) is 17.9. The van der Waals surface area contributed by atoms with E-state index in [1.807, 2.05) is 25.1 Å². The van der Waals surface area contributed by atoms with Crippen molar-refractivity contribution in [3.05, 3.63) is 69.3 Å². The molecular weight excluding hydrogens is 324 g/mol. The number of rotatable bonds is 4. The highest BCUT2D eigenvalue weighted by atomic mass is 16.6. The smallest absolute Gasteiger partial charge is 0.273 e. The summed E-state index contributed by atoms with van der Waals surface area (Å²) in [6.07, 6.45) is 0. The van der Waals surface area contributed by atoms with Crippen molar-refractivity contribution < 1.29 is 14.5 Å². The Hall–Kier alpha value is -3.42. The van der Waals surface area contributed by atoms with Gasteiger partial charge in [0, 0.05) is 37.0 Å². The first-order valence-electron chi connectivity index (χ1n) is 7.43. The van der Waals surface area contributed by atoms with Crippen LogP contribution in [0, 0.1) is 17.0 Å². The molecule has 2 rings (SSSR count). The van der Waals surface area contributed by atoms with Crippen molar-refractivity contribution in [1.29, 1.82) is 0 Å². The Morgan fingerprint density at radius 1 is 1.04 bits per heavy atom. The first-order valence-corrected chi connectivity index (χ1v) is 7.43. The third-order valence-corrected chi connectivity index (χ3v) is 3.66. The SMILES string of the molecule is Cc1c(C(=O)NNC(=O)c2cccc(N(C)C)c2)cccc1[N+](=O)[O-]. The number of benzene rings is 2. The van der Waals surface area contributed by atoms with Gasteiger partial charge in [-0.3, -0.25) is 30.6 Å². The van der Waals surface area contributed by atoms with Gasteiger partial charge in [-0.1, -0.05) is 12.1 Å². The molecule has 0 saturated heterocycles. The number of nitro groups is 1. The second-order valence-corrected chi connectivity index (χ2v) is 5.56. The second kappa shape index (κ2) is 7.43. The maximum absolute atomic E-state index is 12.2. The van der Waals surface area contributed by atoms with Gasteiger partial charge in [0.25, 0.3) is 17.5 Å². The zero-order valence-corrected chi connectivity index (χ0v) is 14.1. The fraction of sp³-hybridized carbons (Fsp3) is 0.176. The van der Waals surface area contributed by atoms with E-state index < -0.39 is 16.7 Å². The van der Waals surface area contributed by atoms with Crippen molar-refractivity contribution in [2.45, 2.75) is 6.92 Å². The van der Waals surface area contributed by atoms with Gasteiger partial charge in [0.2, 0.25) is 0 Å². The van der Waals surface area contributed by atoms with Crippen molar-refractivity contribution in [2.75, 3.05) is 19.0 Å². The Morgan fingerprint density at radius 2 is 1.68 bits per heavy atom. The molecule has 0 fully saturated rings. The molecule has 2 amide bonds. The Morgan fingerprint density at radius 3 is 2.32 bits per heavy atom. The summed E-state index contributed by atoms with van der Waals surface area (Å²) in [4.78, 5) is 36.6. The molecule has 2 aromatic carbocycles. The number of hydrogen-bond acceptors (Lipinski definition) is 5. The molecule has 0 aliphatic rings. The quantitative estimate of drug-likeness (QED) is 0.653. The van der Waals surface area contributed by atoms with Crippen LogP contribution in [-0.2, 0) is 0 Å². The fourth-order valence-corrected chi connectivity index (χ4v) is 2.25. The molecule has 8 heteroatoms. The summed E-state index contributed by atoms with van der Waals surface area (Å²) in [5, 5.41) is 10.9. The van der Waals surface area contributed by atoms with Crippen LogP contribution in [0.5, 0.6) is 0 Å². The summed E-state index contributed by atoms with van der Waals surface area (Å²) >= 11 is 0. The van der Waals surface area contributed by atoms with Crippen LogP contribution in [0.1, 0.15) is 26.3 Å². The van der Waals surface area contributed by atoms with Crippen molar-refractivity contribution in [3.63, 3.8) is 0 Å². The van der Waals surface area contributed by atoms with Gasteiger partial charge in [-0.15, -0.1) is 0 Å². The predicted molar refractivity (Wildman–Crippen MR) is 93.5 cm³/mol. The largest absolute Gasteiger partial charge is 0.378 e. The molecule has 0 aromatic heterocycles. The highest BCUT2D eigenvalue weighted by Crippen LogP contribution is 2.20. The number of nitrogens with zero attached hydrogens (tertiary/aromatic N) is 2. The third kappa shape index (κ3) is 4.11. The van der Waals surface area contributed by atoms with Crippen molar-refractivity contribution in [2.24, 2.45) is 0 Å². The van der Waals surface area contributed by atoms with E-state index in [9.17, 15) is 19.7 Å². The number of amides is 2. The summed E-state index contributed by atoms with van der Waals surface area (Å²) in [5.74, 6) is -1.11. The predicted octanol–water partition coefficient (Wildman–Crippen LogP) is 2.04. The normalized spacial score (nSPS) is 10.0. The van der Waals surface area contributed by atoms with Gasteiger partial charge in [0.1, 0.15) is 0 Å². The summed E-state index contributed by atoms with van der Waals surface area (Å²) in [6, 6.07) is 11.1. The summed E-state index contributed by atoms with van der Waals surface area (Å²) in [5.41, 5.74) is 6.01. The molecule has 25 heavy (non-hydrogen) atoms. The Kier molecular flexibility index (Phi) is 5.33. The summed E-state index contributed by atoms with van der Waals surface area (Å²) in [7, 11) is 3.70. The molecule has 130 valence electrons. The monoisotopic (exact) mass is 342 g/mol. The van der Waals surface area contributed by atoms with E-state index in [2.05, 4.69) is 10.9 Å². The minimum atomic E-state index is -0.627. The van der Waals surface area contributed by atoms with Gasteiger partial charge in [0.05, 0.1) is 10.5 Å². The highest BCUT2D eigenvalue weighted by molar-refractivity contribution is 6.00. The van der Waals surface area contributed by atoms with Crippen LogP contribution in [0.15, 0.2) is 42.5 Å². The van der Waals surface area contributed by atoms with Gasteiger partial charge < -0.3 is 4.90 Å². The number of nitrogens with one attached hydrogen (secondary N) is 2. The Labute approximate surface area is 144 Å². The van der Waals surface area contributed by atoms with E-state index in [1.165, 1.54) is 25.1 Å². The van der Waals surface area contributed by atoms with Crippen LogP contribution in [-0.4, -0.2) is 30.8 Å². The topological polar surface area (TPSA) is 105 Å². The first-order chi connectivity index (χ1) is 11.8. The lowest BCUT2D eigenvalue weighted by atomic mass is 10.1. The number of hydrogen-bond donors (Lipinski definition) is 2. The molecule has 0 heterocycles. The Balaban J connectivity index is 2.10. The molecule has 8 nitrogen and oxygen atoms in total. The molecule has 0 radical (unpaired) electrons. The second-order valence-electron chi connectivity index (χ2n) is 5.56. The summed E-state index contributed by atoms with van der Waals surface area (Å²) in [6.45, 7) is 1.48. The Bertz CT molecular complexity index is 833. The third-order valence-electron chi connectivity index (χ3n) is 3.66. The molecule has 2 aromatic rings. The van der Waals surface area contributed by atoms with Crippen LogP contribution >= 0.6 is 0 Å². The number of carbonyl (C=O) groups is 2. The average molecular weight is 342 g/mol. The highest BCUT2D eigenvalue weighted by Gasteiger charge is 2.18. The molecule has 0 bridgehead atoms. The molecular formula is C17H18N4O4. The minimum absolute atomic E-state index is 0.122. The molecule has 0 unspecified atom stereocenters. The van der Waals surface area contributed by atoms with Crippen molar-refractivity contribution >= 4 is 23.2 Å². The van der Waals surface area contributed by atoms with E-state index in [0.29, 0.717) is 5.56 Å². The molecule has 0 saturated carbocycles. The van der Waals surface area contributed by atoms with Crippen LogP contribution in [0.2, 0.25) is 0 Å². The number of nitro benzene ring substituents is 1. The minimum Gasteiger partial charge on any atom is -0.378 e. The van der Waals surface area contributed by atoms with E-state index in [4.69, 9.17) is 0 Å². The van der Waals surface area contributed by atoms with Gasteiger partial charge in [-0.05, 0) is 31.2 Å². The van der Waals surface area contributed by atoms with Crippen LogP contribution in [0.4, 0.5) is 11.4 Å². The van der Waals surface area contributed by atoms with Crippen LogP contribution < -0.4 is 15.8 Å². The van der Waals surface area contributed by atoms with Gasteiger partial charge in [0.15, 0.2) is 0 Å². The molecule has 0 spiro atoms. The van der Waals surface area contributed by atoms with Gasteiger partial charge in [-0.25, -0.2) is 0 Å². The number of carbonyl (C=O) groups excluding carboxylic acids is 2. The van der Waals surface area contributed by atoms with E-state index >= 15 is 0 Å². The van der Waals surface area contributed by atoms with Crippen LogP contribution in [0.3, 0.4) is 0 Å². The standard InChI is InChI=1S/C17H18N4O4/c1-11-14(8-5-9-15(11)21(24)25)17(23)19-18-16(22)12-6-4-7-13(10-12)20(2)3/h4-10H,1-3H3,(H,18,22)(H,19,23). The van der Waals surface area contributed by atoms with E-state index in [0.717, 1.165) is 5.69 Å². The summed E-state index contributed by atoms with van der Waals surface area (Å²) < 4.78 is 0. The molecule has 2 N–H and O–H groups in total. The molecule has 0 aliphatic heterocycles. The number of anilines is 1. The van der Waals surface area contributed by atoms with E-state index in [-0.39, 0.29) is 16.8 Å². The van der Waals surface area contributed by atoms with Crippen molar-refractivity contribution in [1.82, 2.24) is 10.9 Å². The number of hydrazine groups is 1. The lowest BCUT2D eigenvalue weighted by molar-refractivity contribution is -0.385. The van der Waals surface area contributed by atoms with Gasteiger partial charge in [-0.2, -0.15) is 0 Å². The molecule has 0 aliphatic carbocycles. The van der Waals surface area contributed by atoms with Gasteiger partial charge >= 0.3 is 0 Å². The van der Waals surface area contributed by atoms with Crippen molar-refractivity contribution in [3.8, 4) is 0 Å². The fourth-order valence-electron chi connectivity index (χ4n) is 2.25. The molecule has 0 atom stereocenters. The van der Waals surface area contributed by atoms with Crippen LogP contribution in [0.25, 0.3) is 0 Å². The lowest BCUT2D eigenvalue weighted by Crippen LogP contribution is -2.41.